The van der Waals surface area contributed by atoms with Gasteiger partial charge in [-0.3, -0.25) is 4.90 Å². The first-order valence-corrected chi connectivity index (χ1v) is 9.81. The van der Waals surface area contributed by atoms with E-state index < -0.39 is 0 Å². The van der Waals surface area contributed by atoms with Gasteiger partial charge >= 0.3 is 0 Å². The molecule has 134 valence electrons. The van der Waals surface area contributed by atoms with Gasteiger partial charge in [0.25, 0.3) is 0 Å². The van der Waals surface area contributed by atoms with Gasteiger partial charge in [0.1, 0.15) is 5.75 Å². The molecule has 2 aliphatic carbocycles. The Hall–Kier alpha value is -1.02. The SMILES string of the molecule is COc1ccc(CN(C(C)C)C23CC(C)CC(CC(C)C2)C3)cc1. The van der Waals surface area contributed by atoms with E-state index in [9.17, 15) is 0 Å². The summed E-state index contributed by atoms with van der Waals surface area (Å²) in [7, 11) is 1.74. The molecule has 2 saturated carbocycles. The molecule has 1 aromatic carbocycles. The van der Waals surface area contributed by atoms with Crippen LogP contribution >= 0.6 is 0 Å². The number of hydrogen-bond acceptors (Lipinski definition) is 2. The van der Waals surface area contributed by atoms with Crippen LogP contribution in [0.5, 0.6) is 5.75 Å². The highest BCUT2D eigenvalue weighted by Gasteiger charge is 2.48. The lowest BCUT2D eigenvalue weighted by molar-refractivity contribution is -0.0606. The molecule has 2 atom stereocenters. The third-order valence-corrected chi connectivity index (χ3v) is 6.34. The Bertz CT molecular complexity index is 516. The zero-order valence-electron chi connectivity index (χ0n) is 16.2. The monoisotopic (exact) mass is 329 g/mol. The molecular formula is C22H35NO. The van der Waals surface area contributed by atoms with Crippen LogP contribution in [-0.2, 0) is 6.54 Å². The zero-order valence-corrected chi connectivity index (χ0v) is 16.2. The predicted molar refractivity (Wildman–Crippen MR) is 101 cm³/mol. The number of methoxy groups -OCH3 is 1. The zero-order chi connectivity index (χ0) is 17.3. The summed E-state index contributed by atoms with van der Waals surface area (Å²) in [4.78, 5) is 2.83. The number of rotatable bonds is 5. The average Bonchev–Trinajstić information content (AvgIpc) is 2.51. The lowest BCUT2D eigenvalue weighted by Gasteiger charge is -2.57. The molecule has 2 bridgehead atoms. The van der Waals surface area contributed by atoms with Gasteiger partial charge in [-0.05, 0) is 81.4 Å². The summed E-state index contributed by atoms with van der Waals surface area (Å²) >= 11 is 0. The van der Waals surface area contributed by atoms with Gasteiger partial charge in [0.05, 0.1) is 7.11 Å². The molecular weight excluding hydrogens is 294 g/mol. The van der Waals surface area contributed by atoms with Crippen molar-refractivity contribution in [3.8, 4) is 5.75 Å². The molecule has 2 fully saturated rings. The van der Waals surface area contributed by atoms with E-state index in [-0.39, 0.29) is 0 Å². The van der Waals surface area contributed by atoms with Crippen LogP contribution in [0.1, 0.15) is 65.4 Å². The van der Waals surface area contributed by atoms with E-state index in [1.54, 1.807) is 7.11 Å². The molecule has 2 heteroatoms. The number of hydrogen-bond donors (Lipinski definition) is 0. The molecule has 0 spiro atoms. The molecule has 2 nitrogen and oxygen atoms in total. The van der Waals surface area contributed by atoms with Crippen molar-refractivity contribution >= 4 is 0 Å². The quantitative estimate of drug-likeness (QED) is 0.706. The molecule has 0 aliphatic heterocycles. The molecule has 24 heavy (non-hydrogen) atoms. The van der Waals surface area contributed by atoms with Crippen LogP contribution in [0.25, 0.3) is 0 Å². The Kier molecular flexibility index (Phi) is 5.24. The molecule has 0 amide bonds. The standard InChI is InChI=1S/C22H35NO/c1-16(2)23(15-19-6-8-21(24-5)9-7-19)22-12-17(3)10-20(14-22)11-18(4)13-22/h6-9,16-18,20H,10-15H2,1-5H3. The smallest absolute Gasteiger partial charge is 0.118 e. The van der Waals surface area contributed by atoms with Gasteiger partial charge in [-0.15, -0.1) is 0 Å². The Morgan fingerprint density at radius 3 is 2.12 bits per heavy atom. The highest BCUT2D eigenvalue weighted by molar-refractivity contribution is 5.27. The number of benzene rings is 1. The van der Waals surface area contributed by atoms with Gasteiger partial charge in [0.2, 0.25) is 0 Å². The molecule has 0 saturated heterocycles. The van der Waals surface area contributed by atoms with Gasteiger partial charge in [0, 0.05) is 18.1 Å². The first-order valence-electron chi connectivity index (χ1n) is 9.81. The fourth-order valence-corrected chi connectivity index (χ4v) is 5.83. The maximum Gasteiger partial charge on any atom is 0.118 e. The molecule has 1 aromatic rings. The fourth-order valence-electron chi connectivity index (χ4n) is 5.83. The Morgan fingerprint density at radius 1 is 1.04 bits per heavy atom. The van der Waals surface area contributed by atoms with Crippen molar-refractivity contribution in [2.45, 2.75) is 77.9 Å². The number of fused-ring (bicyclic) bond motifs is 2. The Balaban J connectivity index is 1.85. The van der Waals surface area contributed by atoms with Gasteiger partial charge in [-0.2, -0.15) is 0 Å². The summed E-state index contributed by atoms with van der Waals surface area (Å²) in [6, 6.07) is 9.26. The van der Waals surface area contributed by atoms with Crippen molar-refractivity contribution in [2.24, 2.45) is 17.8 Å². The van der Waals surface area contributed by atoms with Crippen LogP contribution < -0.4 is 4.74 Å². The summed E-state index contributed by atoms with van der Waals surface area (Å²) in [5.74, 6) is 3.63. The van der Waals surface area contributed by atoms with Crippen molar-refractivity contribution in [1.29, 1.82) is 0 Å². The first kappa shape index (κ1) is 17.8. The summed E-state index contributed by atoms with van der Waals surface area (Å²) < 4.78 is 5.32. The van der Waals surface area contributed by atoms with Crippen molar-refractivity contribution in [1.82, 2.24) is 4.90 Å². The fraction of sp³-hybridized carbons (Fsp3) is 0.727. The van der Waals surface area contributed by atoms with Crippen LogP contribution in [0.3, 0.4) is 0 Å². The predicted octanol–water partition coefficient (Wildman–Crippen LogP) is 5.51. The summed E-state index contributed by atoms with van der Waals surface area (Å²) in [6.07, 6.45) is 7.06. The van der Waals surface area contributed by atoms with Gasteiger partial charge < -0.3 is 4.74 Å². The summed E-state index contributed by atoms with van der Waals surface area (Å²) in [5, 5.41) is 0. The second-order valence-electron chi connectivity index (χ2n) is 8.95. The van der Waals surface area contributed by atoms with Crippen molar-refractivity contribution in [3.05, 3.63) is 29.8 Å². The first-order chi connectivity index (χ1) is 11.4. The topological polar surface area (TPSA) is 12.5 Å². The van der Waals surface area contributed by atoms with E-state index in [2.05, 4.69) is 56.9 Å². The average molecular weight is 330 g/mol. The van der Waals surface area contributed by atoms with Crippen LogP contribution in [0.4, 0.5) is 0 Å². The van der Waals surface area contributed by atoms with E-state index in [1.807, 2.05) is 0 Å². The van der Waals surface area contributed by atoms with E-state index in [0.29, 0.717) is 11.6 Å². The number of ether oxygens (including phenoxy) is 1. The van der Waals surface area contributed by atoms with Crippen LogP contribution in [0.15, 0.2) is 24.3 Å². The highest BCUT2D eigenvalue weighted by Crippen LogP contribution is 2.51. The van der Waals surface area contributed by atoms with Crippen LogP contribution in [0.2, 0.25) is 0 Å². The van der Waals surface area contributed by atoms with E-state index in [4.69, 9.17) is 4.74 Å². The Labute approximate surface area is 148 Å². The molecule has 0 radical (unpaired) electrons. The normalized spacial score (nSPS) is 33.0. The van der Waals surface area contributed by atoms with Crippen LogP contribution in [-0.4, -0.2) is 23.6 Å². The second kappa shape index (κ2) is 7.07. The van der Waals surface area contributed by atoms with Crippen LogP contribution in [0, 0.1) is 17.8 Å². The van der Waals surface area contributed by atoms with Crippen molar-refractivity contribution in [2.75, 3.05) is 7.11 Å². The van der Waals surface area contributed by atoms with E-state index >= 15 is 0 Å². The van der Waals surface area contributed by atoms with Crippen molar-refractivity contribution in [3.63, 3.8) is 0 Å². The lowest BCUT2D eigenvalue weighted by atomic mass is 9.60. The summed E-state index contributed by atoms with van der Waals surface area (Å²) in [5.41, 5.74) is 1.82. The van der Waals surface area contributed by atoms with E-state index in [0.717, 1.165) is 30.0 Å². The highest BCUT2D eigenvalue weighted by atomic mass is 16.5. The van der Waals surface area contributed by atoms with Gasteiger partial charge in [-0.1, -0.05) is 26.0 Å². The minimum Gasteiger partial charge on any atom is -0.497 e. The molecule has 0 heterocycles. The molecule has 0 N–H and O–H groups in total. The maximum absolute atomic E-state index is 5.32. The van der Waals surface area contributed by atoms with E-state index in [1.165, 1.54) is 37.7 Å². The van der Waals surface area contributed by atoms with Crippen molar-refractivity contribution < 1.29 is 4.74 Å². The minimum atomic E-state index is 0.411. The largest absolute Gasteiger partial charge is 0.497 e. The third kappa shape index (κ3) is 3.64. The minimum absolute atomic E-state index is 0.411. The Morgan fingerprint density at radius 2 is 1.62 bits per heavy atom. The third-order valence-electron chi connectivity index (χ3n) is 6.34. The summed E-state index contributed by atoms with van der Waals surface area (Å²) in [6.45, 7) is 10.8. The molecule has 3 rings (SSSR count). The molecule has 2 aliphatic rings. The number of nitrogens with zero attached hydrogens (tertiary/aromatic N) is 1. The van der Waals surface area contributed by atoms with Gasteiger partial charge in [0.15, 0.2) is 0 Å². The maximum atomic E-state index is 5.32. The molecule has 0 aromatic heterocycles. The second-order valence-corrected chi connectivity index (χ2v) is 8.95. The lowest BCUT2D eigenvalue weighted by Crippen LogP contribution is -2.58. The van der Waals surface area contributed by atoms with Gasteiger partial charge in [-0.25, -0.2) is 0 Å². The molecule has 2 unspecified atom stereocenters.